The Hall–Kier alpha value is -1.97. The Kier molecular flexibility index (Phi) is 4.66. The maximum absolute atomic E-state index is 11.8. The predicted molar refractivity (Wildman–Crippen MR) is 73.4 cm³/mol. The lowest BCUT2D eigenvalue weighted by atomic mass is 10.0. The number of esters is 1. The van der Waals surface area contributed by atoms with Gasteiger partial charge in [0.05, 0.1) is 18.9 Å². The van der Waals surface area contributed by atoms with Gasteiger partial charge in [-0.05, 0) is 26.0 Å². The van der Waals surface area contributed by atoms with Gasteiger partial charge in [0, 0.05) is 18.2 Å². The number of carbonyl (C=O) groups is 1. The minimum atomic E-state index is -0.375. The molecule has 1 heterocycles. The van der Waals surface area contributed by atoms with Crippen molar-refractivity contribution in [3.63, 3.8) is 0 Å². The average molecular weight is 277 g/mol. The fourth-order valence-electron chi connectivity index (χ4n) is 2.15. The summed E-state index contributed by atoms with van der Waals surface area (Å²) in [6, 6.07) is -0.375. The molecule has 0 aromatic carbocycles. The van der Waals surface area contributed by atoms with E-state index in [4.69, 9.17) is 14.6 Å². The second-order valence-electron chi connectivity index (χ2n) is 4.52. The smallest absolute Gasteiger partial charge is 0.328 e. The van der Waals surface area contributed by atoms with Crippen LogP contribution in [0.4, 0.5) is 0 Å². The van der Waals surface area contributed by atoms with Crippen LogP contribution in [0.25, 0.3) is 0 Å². The van der Waals surface area contributed by atoms with Crippen LogP contribution in [0.3, 0.4) is 0 Å². The molecule has 0 aromatic rings. The van der Waals surface area contributed by atoms with Gasteiger partial charge in [-0.3, -0.25) is 0 Å². The van der Waals surface area contributed by atoms with E-state index >= 15 is 0 Å². The van der Waals surface area contributed by atoms with Crippen LogP contribution < -0.4 is 0 Å². The number of nitrogens with zero attached hydrogens (tertiary/aromatic N) is 1. The van der Waals surface area contributed by atoms with Crippen LogP contribution in [-0.2, 0) is 14.3 Å². The summed E-state index contributed by atoms with van der Waals surface area (Å²) < 4.78 is 10.4. The molecule has 0 spiro atoms. The highest BCUT2D eigenvalue weighted by molar-refractivity contribution is 5.76. The number of hydrogen-bond acceptors (Lipinski definition) is 5. The molecule has 108 valence electrons. The van der Waals surface area contributed by atoms with Crippen LogP contribution in [0, 0.1) is 0 Å². The highest BCUT2D eigenvalue weighted by Crippen LogP contribution is 2.32. The molecule has 0 fully saturated rings. The zero-order valence-electron chi connectivity index (χ0n) is 11.8. The molecule has 1 aliphatic carbocycles. The van der Waals surface area contributed by atoms with Gasteiger partial charge in [-0.15, -0.1) is 0 Å². The number of ether oxygens (including phenoxy) is 2. The van der Waals surface area contributed by atoms with Gasteiger partial charge in [0.2, 0.25) is 0 Å². The summed E-state index contributed by atoms with van der Waals surface area (Å²) in [5.74, 6) is 0.545. The summed E-state index contributed by atoms with van der Waals surface area (Å²) in [5, 5.41) is 8.75. The first-order valence-electron chi connectivity index (χ1n) is 6.73. The zero-order chi connectivity index (χ0) is 14.5. The molecule has 1 unspecified atom stereocenters. The summed E-state index contributed by atoms with van der Waals surface area (Å²) in [6.07, 6.45) is 6.15. The van der Waals surface area contributed by atoms with Crippen molar-refractivity contribution in [2.45, 2.75) is 26.3 Å². The van der Waals surface area contributed by atoms with Crippen LogP contribution in [-0.4, -0.2) is 41.8 Å². The van der Waals surface area contributed by atoms with Crippen molar-refractivity contribution in [1.29, 1.82) is 0 Å². The standard InChI is InChI=1S/C15H19NO4/c1-3-19-15(18)11(2)16-7-6-12-10-13(20-9-8-17)4-5-14(12)16/h4-5,7,11,17H,3,8-10H2,1-2H3. The van der Waals surface area contributed by atoms with Crippen molar-refractivity contribution >= 4 is 5.97 Å². The van der Waals surface area contributed by atoms with E-state index in [2.05, 4.69) is 5.73 Å². The maximum Gasteiger partial charge on any atom is 0.328 e. The molecule has 0 bridgehead atoms. The van der Waals surface area contributed by atoms with Crippen LogP contribution in [0.15, 0.2) is 41.1 Å². The highest BCUT2D eigenvalue weighted by atomic mass is 16.5. The Morgan fingerprint density at radius 1 is 1.55 bits per heavy atom. The molecule has 5 heteroatoms. The predicted octanol–water partition coefficient (Wildman–Crippen LogP) is 1.47. The Balaban J connectivity index is 2.07. The van der Waals surface area contributed by atoms with E-state index in [-0.39, 0.29) is 25.2 Å². The van der Waals surface area contributed by atoms with Crippen LogP contribution in [0.1, 0.15) is 20.3 Å². The fourth-order valence-corrected chi connectivity index (χ4v) is 2.15. The van der Waals surface area contributed by atoms with Gasteiger partial charge < -0.3 is 19.5 Å². The number of aliphatic hydroxyl groups excluding tert-OH is 1. The van der Waals surface area contributed by atoms with Crippen molar-refractivity contribution in [2.24, 2.45) is 0 Å². The lowest BCUT2D eigenvalue weighted by Gasteiger charge is -2.27. The van der Waals surface area contributed by atoms with Gasteiger partial charge in [-0.1, -0.05) is 5.73 Å². The van der Waals surface area contributed by atoms with E-state index < -0.39 is 0 Å². The molecule has 0 saturated carbocycles. The topological polar surface area (TPSA) is 59.0 Å². The van der Waals surface area contributed by atoms with E-state index in [9.17, 15) is 4.79 Å². The van der Waals surface area contributed by atoms with Gasteiger partial charge >= 0.3 is 5.97 Å². The second-order valence-corrected chi connectivity index (χ2v) is 4.52. The number of rotatable bonds is 6. The lowest BCUT2D eigenvalue weighted by Crippen LogP contribution is -2.35. The van der Waals surface area contributed by atoms with E-state index in [1.54, 1.807) is 20.0 Å². The largest absolute Gasteiger partial charge is 0.495 e. The van der Waals surface area contributed by atoms with Crippen molar-refractivity contribution in [3.8, 4) is 0 Å². The van der Waals surface area contributed by atoms with Gasteiger partial charge in [-0.25, -0.2) is 4.79 Å². The van der Waals surface area contributed by atoms with Crippen LogP contribution in [0.5, 0.6) is 0 Å². The van der Waals surface area contributed by atoms with Gasteiger partial charge in [0.25, 0.3) is 0 Å². The van der Waals surface area contributed by atoms with Crippen molar-refractivity contribution < 1.29 is 19.4 Å². The molecule has 2 rings (SSSR count). The van der Waals surface area contributed by atoms with Gasteiger partial charge in [0.1, 0.15) is 18.4 Å². The number of hydrogen-bond donors (Lipinski definition) is 1. The molecule has 1 N–H and O–H groups in total. The van der Waals surface area contributed by atoms with Crippen molar-refractivity contribution in [3.05, 3.63) is 41.1 Å². The SMILES string of the molecule is CCOC(=O)C(C)N1C=C=C2CC(OCCO)=CC=C21. The molecule has 1 aliphatic heterocycles. The molecule has 0 amide bonds. The monoisotopic (exact) mass is 277 g/mol. The van der Waals surface area contributed by atoms with E-state index in [1.165, 1.54) is 0 Å². The minimum absolute atomic E-state index is 0.00514. The van der Waals surface area contributed by atoms with Crippen LogP contribution >= 0.6 is 0 Å². The summed E-state index contributed by atoms with van der Waals surface area (Å²) in [7, 11) is 0. The summed E-state index contributed by atoms with van der Waals surface area (Å²) in [5.41, 5.74) is 5.08. The van der Waals surface area contributed by atoms with Gasteiger partial charge in [0.15, 0.2) is 0 Å². The Morgan fingerprint density at radius 3 is 3.05 bits per heavy atom. The normalized spacial score (nSPS) is 17.9. The van der Waals surface area contributed by atoms with E-state index in [0.717, 1.165) is 17.0 Å². The molecule has 0 radical (unpaired) electrons. The second kappa shape index (κ2) is 6.46. The summed E-state index contributed by atoms with van der Waals surface area (Å²) in [4.78, 5) is 13.6. The third-order valence-electron chi connectivity index (χ3n) is 3.17. The molecule has 0 saturated heterocycles. The quantitative estimate of drug-likeness (QED) is 0.588. The number of allylic oxidation sites excluding steroid dienone is 4. The Bertz CT molecular complexity index is 512. The third-order valence-corrected chi connectivity index (χ3v) is 3.17. The molecule has 20 heavy (non-hydrogen) atoms. The summed E-state index contributed by atoms with van der Waals surface area (Å²) in [6.45, 7) is 4.26. The lowest BCUT2D eigenvalue weighted by molar-refractivity contribution is -0.147. The van der Waals surface area contributed by atoms with Crippen molar-refractivity contribution in [1.82, 2.24) is 4.90 Å². The number of carbonyl (C=O) groups excluding carboxylic acids is 1. The van der Waals surface area contributed by atoms with Crippen molar-refractivity contribution in [2.75, 3.05) is 19.8 Å². The average Bonchev–Trinajstić information content (AvgIpc) is 2.87. The molecule has 1 atom stereocenters. The molecular formula is C15H19NO4. The third kappa shape index (κ3) is 2.95. The van der Waals surface area contributed by atoms with Crippen LogP contribution in [0.2, 0.25) is 0 Å². The maximum atomic E-state index is 11.8. The van der Waals surface area contributed by atoms with E-state index in [0.29, 0.717) is 13.0 Å². The molecule has 5 nitrogen and oxygen atoms in total. The summed E-state index contributed by atoms with van der Waals surface area (Å²) >= 11 is 0. The van der Waals surface area contributed by atoms with E-state index in [1.807, 2.05) is 17.1 Å². The zero-order valence-corrected chi connectivity index (χ0v) is 11.8. The Labute approximate surface area is 118 Å². The first-order valence-corrected chi connectivity index (χ1v) is 6.73. The molecule has 2 aliphatic rings. The Morgan fingerprint density at radius 2 is 2.35 bits per heavy atom. The first kappa shape index (κ1) is 14.4. The highest BCUT2D eigenvalue weighted by Gasteiger charge is 2.29. The first-order chi connectivity index (χ1) is 9.67. The molecular weight excluding hydrogens is 258 g/mol. The fraction of sp³-hybridized carbons (Fsp3) is 0.467. The van der Waals surface area contributed by atoms with Gasteiger partial charge in [-0.2, -0.15) is 0 Å². The number of fused-ring (bicyclic) bond motifs is 1. The minimum Gasteiger partial charge on any atom is -0.495 e. The molecule has 0 aromatic heterocycles. The number of aliphatic hydroxyl groups is 1.